The van der Waals surface area contributed by atoms with Crippen LogP contribution in [0.15, 0.2) is 0 Å². The van der Waals surface area contributed by atoms with Crippen molar-refractivity contribution in [2.75, 3.05) is 26.3 Å². The molecular formula is C18H31NO4. The van der Waals surface area contributed by atoms with Crippen molar-refractivity contribution in [1.82, 2.24) is 4.90 Å². The van der Waals surface area contributed by atoms with Crippen molar-refractivity contribution >= 4 is 5.91 Å². The van der Waals surface area contributed by atoms with E-state index in [-0.39, 0.29) is 12.0 Å². The Hall–Kier alpha value is -0.650. The van der Waals surface area contributed by atoms with Gasteiger partial charge in [0.15, 0.2) is 5.79 Å². The summed E-state index contributed by atoms with van der Waals surface area (Å²) in [5.41, 5.74) is 0. The number of rotatable bonds is 5. The second kappa shape index (κ2) is 7.49. The largest absolute Gasteiger partial charge is 0.365 e. The van der Waals surface area contributed by atoms with E-state index in [1.54, 1.807) is 0 Å². The predicted molar refractivity (Wildman–Crippen MR) is 87.0 cm³/mol. The second-order valence-electron chi connectivity index (χ2n) is 7.25. The van der Waals surface area contributed by atoms with Crippen LogP contribution in [0.1, 0.15) is 58.8 Å². The molecule has 132 valence electrons. The molecule has 3 aliphatic rings. The van der Waals surface area contributed by atoms with Crippen molar-refractivity contribution in [3.63, 3.8) is 0 Å². The minimum atomic E-state index is -0.445. The highest BCUT2D eigenvalue weighted by atomic mass is 16.7. The van der Waals surface area contributed by atoms with E-state index in [2.05, 4.69) is 0 Å². The van der Waals surface area contributed by atoms with E-state index in [4.69, 9.17) is 14.2 Å². The fraction of sp³-hybridized carbons (Fsp3) is 0.944. The topological polar surface area (TPSA) is 48.0 Å². The lowest BCUT2D eigenvalue weighted by atomic mass is 9.89. The summed E-state index contributed by atoms with van der Waals surface area (Å²) in [7, 11) is 0. The number of amides is 1. The molecule has 3 rings (SSSR count). The first-order valence-corrected chi connectivity index (χ1v) is 9.34. The third kappa shape index (κ3) is 3.89. The van der Waals surface area contributed by atoms with Gasteiger partial charge >= 0.3 is 0 Å². The fourth-order valence-corrected chi connectivity index (χ4v) is 4.18. The number of hydrogen-bond acceptors (Lipinski definition) is 4. The highest BCUT2D eigenvalue weighted by Crippen LogP contribution is 2.35. The van der Waals surface area contributed by atoms with Crippen LogP contribution in [0.5, 0.6) is 0 Å². The summed E-state index contributed by atoms with van der Waals surface area (Å²) in [6, 6.07) is 0. The van der Waals surface area contributed by atoms with Gasteiger partial charge < -0.3 is 19.1 Å². The fourth-order valence-electron chi connectivity index (χ4n) is 4.18. The number of likely N-dealkylation sites (tertiary alicyclic amines) is 1. The quantitative estimate of drug-likeness (QED) is 0.780. The van der Waals surface area contributed by atoms with Crippen LogP contribution in [0.4, 0.5) is 0 Å². The minimum Gasteiger partial charge on any atom is -0.365 e. The lowest BCUT2D eigenvalue weighted by molar-refractivity contribution is -0.192. The van der Waals surface area contributed by atoms with Crippen molar-refractivity contribution < 1.29 is 19.0 Å². The number of carbonyl (C=O) groups excluding carboxylic acids is 1. The molecule has 3 fully saturated rings. The molecule has 0 aromatic rings. The average Bonchev–Trinajstić information content (AvgIpc) is 3.24. The van der Waals surface area contributed by atoms with E-state index in [0.717, 1.165) is 45.2 Å². The van der Waals surface area contributed by atoms with Gasteiger partial charge in [-0.15, -0.1) is 0 Å². The van der Waals surface area contributed by atoms with Crippen molar-refractivity contribution in [3.8, 4) is 0 Å². The number of carbonyl (C=O) groups is 1. The van der Waals surface area contributed by atoms with Gasteiger partial charge in [0.1, 0.15) is 6.10 Å². The highest BCUT2D eigenvalue weighted by molar-refractivity contribution is 5.81. The molecule has 0 bridgehead atoms. The van der Waals surface area contributed by atoms with Gasteiger partial charge in [-0.1, -0.05) is 19.8 Å². The molecule has 2 saturated heterocycles. The van der Waals surface area contributed by atoms with Gasteiger partial charge in [-0.3, -0.25) is 4.79 Å². The van der Waals surface area contributed by atoms with Crippen LogP contribution in [0.2, 0.25) is 0 Å². The van der Waals surface area contributed by atoms with E-state index in [1.807, 2.05) is 18.7 Å². The van der Waals surface area contributed by atoms with Gasteiger partial charge in [0.05, 0.1) is 19.3 Å². The lowest BCUT2D eigenvalue weighted by Crippen LogP contribution is -2.49. The average molecular weight is 325 g/mol. The lowest BCUT2D eigenvalue weighted by Gasteiger charge is -2.40. The Bertz CT molecular complexity index is 394. The predicted octanol–water partition coefficient (Wildman–Crippen LogP) is 2.73. The molecule has 1 amide bonds. The standard InChI is InChI=1S/C18H31NO4/c1-3-16(23-15-6-4-5-7-15)17(20)19-10-8-14(9-11-19)18(2)21-12-13-22-18/h14-16H,3-13H2,1-2H3. The molecule has 1 aliphatic carbocycles. The number of ether oxygens (including phenoxy) is 3. The maximum atomic E-state index is 12.8. The van der Waals surface area contributed by atoms with Gasteiger partial charge in [0.25, 0.3) is 5.91 Å². The summed E-state index contributed by atoms with van der Waals surface area (Å²) < 4.78 is 17.6. The van der Waals surface area contributed by atoms with E-state index >= 15 is 0 Å². The van der Waals surface area contributed by atoms with E-state index < -0.39 is 5.79 Å². The van der Waals surface area contributed by atoms with Crippen LogP contribution in [0.3, 0.4) is 0 Å². The first-order chi connectivity index (χ1) is 11.1. The molecule has 0 spiro atoms. The molecule has 5 heteroatoms. The van der Waals surface area contributed by atoms with Crippen LogP contribution < -0.4 is 0 Å². The van der Waals surface area contributed by atoms with E-state index in [0.29, 0.717) is 25.2 Å². The Balaban J connectivity index is 1.50. The number of piperidine rings is 1. The maximum absolute atomic E-state index is 12.8. The molecule has 2 aliphatic heterocycles. The summed E-state index contributed by atoms with van der Waals surface area (Å²) in [5.74, 6) is 0.112. The highest BCUT2D eigenvalue weighted by Gasteiger charge is 2.42. The van der Waals surface area contributed by atoms with Gasteiger partial charge in [0, 0.05) is 19.0 Å². The Labute approximate surface area is 139 Å². The van der Waals surface area contributed by atoms with Crippen LogP contribution in [0, 0.1) is 5.92 Å². The smallest absolute Gasteiger partial charge is 0.251 e. The molecule has 1 saturated carbocycles. The summed E-state index contributed by atoms with van der Waals surface area (Å²) in [5, 5.41) is 0. The molecule has 0 N–H and O–H groups in total. The molecule has 0 radical (unpaired) electrons. The zero-order valence-electron chi connectivity index (χ0n) is 14.6. The van der Waals surface area contributed by atoms with Crippen LogP contribution in [0.25, 0.3) is 0 Å². The summed E-state index contributed by atoms with van der Waals surface area (Å²) in [6.45, 7) is 7.03. The normalized spacial score (nSPS) is 27.5. The van der Waals surface area contributed by atoms with Crippen molar-refractivity contribution in [3.05, 3.63) is 0 Å². The summed E-state index contributed by atoms with van der Waals surface area (Å²) in [4.78, 5) is 14.7. The Morgan fingerprint density at radius 3 is 2.35 bits per heavy atom. The Morgan fingerprint density at radius 2 is 1.78 bits per heavy atom. The van der Waals surface area contributed by atoms with Crippen molar-refractivity contribution in [2.24, 2.45) is 5.92 Å². The molecule has 0 aromatic carbocycles. The zero-order chi connectivity index (χ0) is 16.3. The molecule has 23 heavy (non-hydrogen) atoms. The first-order valence-electron chi connectivity index (χ1n) is 9.34. The van der Waals surface area contributed by atoms with Gasteiger partial charge in [-0.25, -0.2) is 0 Å². The van der Waals surface area contributed by atoms with Crippen LogP contribution in [-0.2, 0) is 19.0 Å². The Kier molecular flexibility index (Phi) is 5.60. The second-order valence-corrected chi connectivity index (χ2v) is 7.25. The number of nitrogens with zero attached hydrogens (tertiary/aromatic N) is 1. The minimum absolute atomic E-state index is 0.177. The van der Waals surface area contributed by atoms with Crippen LogP contribution in [-0.4, -0.2) is 55.1 Å². The SMILES string of the molecule is CCC(OC1CCCC1)C(=O)N1CCC(C2(C)OCCO2)CC1. The first kappa shape index (κ1) is 17.2. The number of hydrogen-bond donors (Lipinski definition) is 0. The third-order valence-corrected chi connectivity index (χ3v) is 5.71. The van der Waals surface area contributed by atoms with Gasteiger partial charge in [0.2, 0.25) is 0 Å². The molecular weight excluding hydrogens is 294 g/mol. The third-order valence-electron chi connectivity index (χ3n) is 5.71. The molecule has 1 unspecified atom stereocenters. The maximum Gasteiger partial charge on any atom is 0.251 e. The van der Waals surface area contributed by atoms with Crippen molar-refractivity contribution in [1.29, 1.82) is 0 Å². The van der Waals surface area contributed by atoms with Gasteiger partial charge in [-0.05, 0) is 39.0 Å². The molecule has 5 nitrogen and oxygen atoms in total. The zero-order valence-corrected chi connectivity index (χ0v) is 14.6. The van der Waals surface area contributed by atoms with Crippen LogP contribution >= 0.6 is 0 Å². The van der Waals surface area contributed by atoms with E-state index in [1.165, 1.54) is 12.8 Å². The molecule has 2 heterocycles. The summed E-state index contributed by atoms with van der Waals surface area (Å²) in [6.07, 6.45) is 7.38. The molecule has 1 atom stereocenters. The monoisotopic (exact) mass is 325 g/mol. The van der Waals surface area contributed by atoms with E-state index in [9.17, 15) is 4.79 Å². The van der Waals surface area contributed by atoms with Crippen molar-refractivity contribution in [2.45, 2.75) is 76.8 Å². The molecule has 0 aromatic heterocycles. The Morgan fingerprint density at radius 1 is 1.17 bits per heavy atom. The van der Waals surface area contributed by atoms with Gasteiger partial charge in [-0.2, -0.15) is 0 Å². The summed E-state index contributed by atoms with van der Waals surface area (Å²) >= 11 is 0.